The van der Waals surface area contributed by atoms with E-state index >= 15 is 0 Å². The van der Waals surface area contributed by atoms with Gasteiger partial charge >= 0.3 is 11.9 Å². The van der Waals surface area contributed by atoms with E-state index in [1.54, 1.807) is 19.1 Å². The second-order valence-corrected chi connectivity index (χ2v) is 7.01. The average Bonchev–Trinajstić information content (AvgIpc) is 3.01. The summed E-state index contributed by atoms with van der Waals surface area (Å²) in [6.45, 7) is 1.38. The molecule has 0 fully saturated rings. The molecule has 0 atom stereocenters. The summed E-state index contributed by atoms with van der Waals surface area (Å²) in [5.41, 5.74) is 1.83. The highest BCUT2D eigenvalue weighted by Crippen LogP contribution is 2.33. The van der Waals surface area contributed by atoms with Crippen LogP contribution in [-0.4, -0.2) is 24.0 Å². The number of benzene rings is 2. The zero-order valence-corrected chi connectivity index (χ0v) is 13.7. The quantitative estimate of drug-likeness (QED) is 0.436. The Balaban J connectivity index is 2.05. The lowest BCUT2D eigenvalue weighted by Gasteiger charge is -2.05. The molecule has 2 aromatic carbocycles. The Morgan fingerprint density at radius 1 is 1.12 bits per heavy atom. The Hall–Kier alpha value is -2.91. The Labute approximate surface area is 140 Å². The van der Waals surface area contributed by atoms with Gasteiger partial charge in [-0.3, -0.25) is 0 Å². The minimum atomic E-state index is -4.58. The molecule has 2 heterocycles. The number of nitrogens with zero attached hydrogens (tertiary/aromatic N) is 1. The summed E-state index contributed by atoms with van der Waals surface area (Å²) in [6.07, 6.45) is 0. The van der Waals surface area contributed by atoms with Crippen LogP contribution in [0.25, 0.3) is 33.0 Å². The van der Waals surface area contributed by atoms with Crippen LogP contribution in [0.15, 0.2) is 44.1 Å². The third-order valence-electron chi connectivity index (χ3n) is 4.03. The third kappa shape index (κ3) is 2.44. The van der Waals surface area contributed by atoms with Gasteiger partial charge in [-0.15, -0.1) is 4.57 Å². The SMILES string of the molecule is Cc1oc2cc3c(cc2[n+]1CC(=O)O)oc1ccc(S(=O)(=O)[O-])cc13. The van der Waals surface area contributed by atoms with Gasteiger partial charge in [0.1, 0.15) is 21.3 Å². The number of carboxylic acid groups (broad SMARTS) is 1. The molecule has 128 valence electrons. The summed E-state index contributed by atoms with van der Waals surface area (Å²) >= 11 is 0. The number of oxazole rings is 1. The van der Waals surface area contributed by atoms with Crippen molar-refractivity contribution in [2.24, 2.45) is 0 Å². The highest BCUT2D eigenvalue weighted by atomic mass is 32.2. The Morgan fingerprint density at radius 3 is 2.52 bits per heavy atom. The molecule has 1 N–H and O–H groups in total. The molecule has 4 aromatic rings. The third-order valence-corrected chi connectivity index (χ3v) is 4.86. The fourth-order valence-corrected chi connectivity index (χ4v) is 3.43. The van der Waals surface area contributed by atoms with E-state index in [2.05, 4.69) is 0 Å². The smallest absolute Gasteiger partial charge is 0.370 e. The van der Waals surface area contributed by atoms with E-state index in [0.717, 1.165) is 0 Å². The normalized spacial score (nSPS) is 12.4. The van der Waals surface area contributed by atoms with Crippen LogP contribution in [0.5, 0.6) is 0 Å². The van der Waals surface area contributed by atoms with Crippen molar-refractivity contribution in [2.75, 3.05) is 0 Å². The number of aliphatic carboxylic acids is 1. The molecular formula is C16H11NO7S. The second kappa shape index (κ2) is 5.04. The van der Waals surface area contributed by atoms with Crippen molar-refractivity contribution in [2.45, 2.75) is 18.4 Å². The van der Waals surface area contributed by atoms with Gasteiger partial charge in [0.2, 0.25) is 12.1 Å². The van der Waals surface area contributed by atoms with Gasteiger partial charge in [-0.1, -0.05) is 0 Å². The van der Waals surface area contributed by atoms with Crippen molar-refractivity contribution >= 4 is 49.1 Å². The van der Waals surface area contributed by atoms with Crippen LogP contribution in [0.2, 0.25) is 0 Å². The average molecular weight is 361 g/mol. The van der Waals surface area contributed by atoms with Crippen molar-refractivity contribution in [1.82, 2.24) is 0 Å². The van der Waals surface area contributed by atoms with Gasteiger partial charge in [0.15, 0.2) is 0 Å². The standard InChI is InChI=1S/C16H11NO7S/c1-8-17(7-16(18)19)12-6-14-11(5-15(12)23-8)10-4-9(25(20,21)22)2-3-13(10)24-14/h2-6H,7H2,1H3,(H-,18,19,20,21,22). The molecule has 4 rings (SSSR count). The van der Waals surface area contributed by atoms with Crippen LogP contribution in [0.1, 0.15) is 5.89 Å². The molecule has 0 radical (unpaired) electrons. The molecule has 0 aliphatic heterocycles. The summed E-state index contributed by atoms with van der Waals surface area (Å²) in [7, 11) is -4.58. The van der Waals surface area contributed by atoms with E-state index in [0.29, 0.717) is 38.9 Å². The van der Waals surface area contributed by atoms with E-state index in [1.807, 2.05) is 0 Å². The van der Waals surface area contributed by atoms with E-state index < -0.39 is 16.1 Å². The molecule has 0 saturated heterocycles. The number of carboxylic acids is 1. The highest BCUT2D eigenvalue weighted by Gasteiger charge is 2.24. The molecule has 0 aliphatic rings. The maximum absolute atomic E-state index is 11.2. The van der Waals surface area contributed by atoms with Crippen LogP contribution in [-0.2, 0) is 21.5 Å². The molecule has 25 heavy (non-hydrogen) atoms. The number of hydrogen-bond donors (Lipinski definition) is 1. The summed E-state index contributed by atoms with van der Waals surface area (Å²) in [6, 6.07) is 7.14. The van der Waals surface area contributed by atoms with Gasteiger partial charge in [0.05, 0.1) is 17.9 Å². The molecule has 0 saturated carbocycles. The van der Waals surface area contributed by atoms with Crippen molar-refractivity contribution in [3.8, 4) is 0 Å². The lowest BCUT2D eigenvalue weighted by Crippen LogP contribution is -2.39. The van der Waals surface area contributed by atoms with Crippen LogP contribution >= 0.6 is 0 Å². The Kier molecular flexibility index (Phi) is 3.15. The minimum Gasteiger partial charge on any atom is -0.744 e. The molecule has 0 bridgehead atoms. The topological polar surface area (TPSA) is 125 Å². The van der Waals surface area contributed by atoms with Gasteiger partial charge in [0, 0.05) is 10.8 Å². The maximum Gasteiger partial charge on any atom is 0.370 e. The summed E-state index contributed by atoms with van der Waals surface area (Å²) in [5.74, 6) is -0.594. The zero-order valence-electron chi connectivity index (χ0n) is 12.8. The van der Waals surface area contributed by atoms with Crippen LogP contribution in [0.4, 0.5) is 0 Å². The first-order chi connectivity index (χ1) is 11.7. The van der Waals surface area contributed by atoms with Crippen molar-refractivity contribution < 1.29 is 36.3 Å². The monoisotopic (exact) mass is 361 g/mol. The summed E-state index contributed by atoms with van der Waals surface area (Å²) in [4.78, 5) is 10.7. The molecule has 0 amide bonds. The summed E-state index contributed by atoms with van der Waals surface area (Å²) in [5, 5.41) is 10.1. The lowest BCUT2D eigenvalue weighted by atomic mass is 10.1. The van der Waals surface area contributed by atoms with Gasteiger partial charge in [-0.05, 0) is 24.3 Å². The fraction of sp³-hybridized carbons (Fsp3) is 0.125. The van der Waals surface area contributed by atoms with Crippen LogP contribution in [0, 0.1) is 6.92 Å². The molecule has 8 nitrogen and oxygen atoms in total. The Bertz CT molecular complexity index is 1280. The minimum absolute atomic E-state index is 0.261. The zero-order chi connectivity index (χ0) is 17.9. The first-order valence-corrected chi connectivity index (χ1v) is 8.62. The van der Waals surface area contributed by atoms with E-state index in [4.69, 9.17) is 13.9 Å². The predicted octanol–water partition coefficient (Wildman–Crippen LogP) is 1.92. The molecule has 0 aliphatic carbocycles. The van der Waals surface area contributed by atoms with Gasteiger partial charge in [0.25, 0.3) is 5.52 Å². The van der Waals surface area contributed by atoms with Crippen LogP contribution in [0.3, 0.4) is 0 Å². The summed E-state index contributed by atoms with van der Waals surface area (Å²) < 4.78 is 46.5. The van der Waals surface area contributed by atoms with Crippen LogP contribution < -0.4 is 4.57 Å². The highest BCUT2D eigenvalue weighted by molar-refractivity contribution is 7.85. The number of aryl methyl sites for hydroxylation is 1. The van der Waals surface area contributed by atoms with Crippen molar-refractivity contribution in [3.63, 3.8) is 0 Å². The van der Waals surface area contributed by atoms with E-state index in [-0.39, 0.29) is 11.4 Å². The molecule has 0 spiro atoms. The fourth-order valence-electron chi connectivity index (χ4n) is 2.93. The molecule has 2 aromatic heterocycles. The lowest BCUT2D eigenvalue weighted by molar-refractivity contribution is -0.671. The van der Waals surface area contributed by atoms with Gasteiger partial charge in [-0.2, -0.15) is 0 Å². The van der Waals surface area contributed by atoms with Gasteiger partial charge < -0.3 is 18.5 Å². The predicted molar refractivity (Wildman–Crippen MR) is 84.0 cm³/mol. The largest absolute Gasteiger partial charge is 0.744 e. The van der Waals surface area contributed by atoms with Crippen molar-refractivity contribution in [3.05, 3.63) is 36.2 Å². The van der Waals surface area contributed by atoms with E-state index in [1.165, 1.54) is 22.8 Å². The van der Waals surface area contributed by atoms with Crippen molar-refractivity contribution in [1.29, 1.82) is 0 Å². The number of fused-ring (bicyclic) bond motifs is 4. The number of rotatable bonds is 3. The molecule has 9 heteroatoms. The maximum atomic E-state index is 11.2. The number of hydrogen-bond acceptors (Lipinski definition) is 6. The molecule has 0 unspecified atom stereocenters. The Morgan fingerprint density at radius 2 is 1.84 bits per heavy atom. The first kappa shape index (κ1) is 15.6. The molecular weight excluding hydrogens is 350 g/mol. The van der Waals surface area contributed by atoms with Gasteiger partial charge in [-0.25, -0.2) is 13.2 Å². The number of carbonyl (C=O) groups is 1. The number of furan rings is 1. The second-order valence-electron chi connectivity index (χ2n) is 5.63. The first-order valence-electron chi connectivity index (χ1n) is 7.21. The number of aromatic nitrogens is 1. The van der Waals surface area contributed by atoms with E-state index in [9.17, 15) is 17.8 Å².